The first-order valence-electron chi connectivity index (χ1n) is 5.78. The minimum absolute atomic E-state index is 0.0708. The number of carbonyl (C=O) groups is 2. The van der Waals surface area contributed by atoms with Crippen LogP contribution in [0.15, 0.2) is 35.2 Å². The lowest BCUT2D eigenvalue weighted by Gasteiger charge is -2.25. The molecule has 0 aliphatic carbocycles. The van der Waals surface area contributed by atoms with Crippen molar-refractivity contribution >= 4 is 22.0 Å². The summed E-state index contributed by atoms with van der Waals surface area (Å²) in [7, 11) is -4.05. The third kappa shape index (κ3) is 3.78. The Balaban J connectivity index is 3.15. The fourth-order valence-electron chi connectivity index (χ4n) is 1.58. The Morgan fingerprint density at radius 3 is 2.20 bits per heavy atom. The standard InChI is InChI=1S/C12H15NO6S/c1-9(12(16)17)13(8-7-11(14)15)20(18,19)10-5-3-2-4-6-10/h2-6,9H,7-8H2,1H3,(H,14,15)(H,16,17)/t9-/m0/s1. The van der Waals surface area contributed by atoms with Crippen molar-refractivity contribution in [2.75, 3.05) is 6.54 Å². The molecule has 0 aliphatic heterocycles. The summed E-state index contributed by atoms with van der Waals surface area (Å²) in [5.41, 5.74) is 0. The molecular weight excluding hydrogens is 286 g/mol. The highest BCUT2D eigenvalue weighted by Crippen LogP contribution is 2.18. The Kier molecular flexibility index (Phi) is 5.23. The highest BCUT2D eigenvalue weighted by atomic mass is 32.2. The minimum Gasteiger partial charge on any atom is -0.481 e. The van der Waals surface area contributed by atoms with Gasteiger partial charge in [0, 0.05) is 6.54 Å². The van der Waals surface area contributed by atoms with E-state index in [2.05, 4.69) is 0 Å². The number of hydrogen-bond acceptors (Lipinski definition) is 4. The summed E-state index contributed by atoms with van der Waals surface area (Å²) < 4.78 is 25.4. The summed E-state index contributed by atoms with van der Waals surface area (Å²) in [6.07, 6.45) is -0.469. The Morgan fingerprint density at radius 2 is 1.75 bits per heavy atom. The number of rotatable bonds is 7. The Bertz CT molecular complexity index is 583. The van der Waals surface area contributed by atoms with Crippen molar-refractivity contribution in [1.29, 1.82) is 0 Å². The number of carboxylic acids is 2. The number of aliphatic carboxylic acids is 2. The number of nitrogens with zero attached hydrogens (tertiary/aromatic N) is 1. The van der Waals surface area contributed by atoms with Gasteiger partial charge in [0.05, 0.1) is 11.3 Å². The molecule has 1 aromatic rings. The molecule has 0 saturated heterocycles. The Labute approximate surface area is 116 Å². The molecule has 0 bridgehead atoms. The van der Waals surface area contributed by atoms with Crippen LogP contribution in [0.1, 0.15) is 13.3 Å². The largest absolute Gasteiger partial charge is 0.481 e. The summed E-state index contributed by atoms with van der Waals surface area (Å²) in [6.45, 7) is 0.796. The molecule has 1 atom stereocenters. The molecule has 0 aromatic heterocycles. The van der Waals surface area contributed by atoms with Crippen LogP contribution >= 0.6 is 0 Å². The van der Waals surface area contributed by atoms with E-state index in [1.165, 1.54) is 31.2 Å². The molecule has 0 spiro atoms. The summed E-state index contributed by atoms with van der Waals surface area (Å²) in [5, 5.41) is 17.6. The van der Waals surface area contributed by atoms with Crippen LogP contribution in [0.2, 0.25) is 0 Å². The van der Waals surface area contributed by atoms with Gasteiger partial charge in [0.2, 0.25) is 10.0 Å². The lowest BCUT2D eigenvalue weighted by atomic mass is 10.3. The van der Waals surface area contributed by atoms with Gasteiger partial charge in [0.15, 0.2) is 0 Å². The van der Waals surface area contributed by atoms with E-state index in [1.54, 1.807) is 6.07 Å². The van der Waals surface area contributed by atoms with Gasteiger partial charge in [0.25, 0.3) is 0 Å². The zero-order chi connectivity index (χ0) is 15.3. The topological polar surface area (TPSA) is 112 Å². The van der Waals surface area contributed by atoms with Gasteiger partial charge < -0.3 is 10.2 Å². The number of hydrogen-bond donors (Lipinski definition) is 2. The van der Waals surface area contributed by atoms with Crippen LogP contribution in [-0.4, -0.2) is 47.5 Å². The van der Waals surface area contributed by atoms with Crippen molar-refractivity contribution in [2.45, 2.75) is 24.3 Å². The molecule has 0 amide bonds. The average molecular weight is 301 g/mol. The van der Waals surface area contributed by atoms with E-state index in [1.807, 2.05) is 0 Å². The van der Waals surface area contributed by atoms with Crippen molar-refractivity contribution < 1.29 is 28.2 Å². The fraction of sp³-hybridized carbons (Fsp3) is 0.333. The molecule has 2 N–H and O–H groups in total. The zero-order valence-corrected chi connectivity index (χ0v) is 11.6. The van der Waals surface area contributed by atoms with E-state index < -0.39 is 41.0 Å². The second-order valence-corrected chi connectivity index (χ2v) is 5.98. The van der Waals surface area contributed by atoms with Gasteiger partial charge in [-0.1, -0.05) is 18.2 Å². The molecule has 0 saturated carbocycles. The molecule has 110 valence electrons. The first kappa shape index (κ1) is 16.1. The zero-order valence-electron chi connectivity index (χ0n) is 10.8. The Hall–Kier alpha value is -1.93. The van der Waals surface area contributed by atoms with Crippen molar-refractivity contribution in [1.82, 2.24) is 4.31 Å². The average Bonchev–Trinajstić information content (AvgIpc) is 2.39. The van der Waals surface area contributed by atoms with Gasteiger partial charge in [-0.2, -0.15) is 4.31 Å². The van der Waals surface area contributed by atoms with Gasteiger partial charge in [-0.15, -0.1) is 0 Å². The van der Waals surface area contributed by atoms with Crippen LogP contribution in [-0.2, 0) is 19.6 Å². The quantitative estimate of drug-likeness (QED) is 0.763. The summed E-state index contributed by atoms with van der Waals surface area (Å²) >= 11 is 0. The highest BCUT2D eigenvalue weighted by molar-refractivity contribution is 7.89. The van der Waals surface area contributed by atoms with E-state index in [0.717, 1.165) is 0 Å². The van der Waals surface area contributed by atoms with Crippen molar-refractivity contribution in [3.63, 3.8) is 0 Å². The number of sulfonamides is 1. The lowest BCUT2D eigenvalue weighted by molar-refractivity contribution is -0.142. The van der Waals surface area contributed by atoms with Crippen LogP contribution in [0.4, 0.5) is 0 Å². The fourth-order valence-corrected chi connectivity index (χ4v) is 3.19. The summed E-state index contributed by atoms with van der Waals surface area (Å²) in [4.78, 5) is 21.5. The maximum Gasteiger partial charge on any atom is 0.321 e. The van der Waals surface area contributed by atoms with E-state index in [4.69, 9.17) is 10.2 Å². The molecular formula is C12H15NO6S. The molecule has 0 aliphatic rings. The first-order chi connectivity index (χ1) is 9.26. The van der Waals surface area contributed by atoms with Gasteiger partial charge in [-0.3, -0.25) is 9.59 Å². The molecule has 0 heterocycles. The molecule has 1 aromatic carbocycles. The highest BCUT2D eigenvalue weighted by Gasteiger charge is 2.32. The van der Waals surface area contributed by atoms with Gasteiger partial charge in [0.1, 0.15) is 6.04 Å². The van der Waals surface area contributed by atoms with Crippen LogP contribution in [0, 0.1) is 0 Å². The minimum atomic E-state index is -4.05. The van der Waals surface area contributed by atoms with E-state index in [-0.39, 0.29) is 4.90 Å². The van der Waals surface area contributed by atoms with Crippen molar-refractivity contribution in [2.24, 2.45) is 0 Å². The number of benzene rings is 1. The lowest BCUT2D eigenvalue weighted by Crippen LogP contribution is -2.44. The first-order valence-corrected chi connectivity index (χ1v) is 7.22. The van der Waals surface area contributed by atoms with Crippen molar-refractivity contribution in [3.8, 4) is 0 Å². The smallest absolute Gasteiger partial charge is 0.321 e. The molecule has 0 radical (unpaired) electrons. The second-order valence-electron chi connectivity index (χ2n) is 4.09. The monoisotopic (exact) mass is 301 g/mol. The maximum atomic E-state index is 12.4. The predicted octanol–water partition coefficient (Wildman–Crippen LogP) is 0.625. The third-order valence-corrected chi connectivity index (χ3v) is 4.67. The van der Waals surface area contributed by atoms with Gasteiger partial charge in [-0.05, 0) is 19.1 Å². The Morgan fingerprint density at radius 1 is 1.20 bits per heavy atom. The molecule has 20 heavy (non-hydrogen) atoms. The molecule has 0 unspecified atom stereocenters. The van der Waals surface area contributed by atoms with E-state index in [9.17, 15) is 18.0 Å². The van der Waals surface area contributed by atoms with Gasteiger partial charge >= 0.3 is 11.9 Å². The normalized spacial score (nSPS) is 13.1. The van der Waals surface area contributed by atoms with E-state index in [0.29, 0.717) is 4.31 Å². The molecule has 8 heteroatoms. The molecule has 7 nitrogen and oxygen atoms in total. The molecule has 0 fully saturated rings. The third-order valence-electron chi connectivity index (χ3n) is 2.69. The van der Waals surface area contributed by atoms with E-state index >= 15 is 0 Å². The maximum absolute atomic E-state index is 12.4. The van der Waals surface area contributed by atoms with Crippen LogP contribution < -0.4 is 0 Å². The van der Waals surface area contributed by atoms with Gasteiger partial charge in [-0.25, -0.2) is 8.42 Å². The predicted molar refractivity (Wildman–Crippen MR) is 69.7 cm³/mol. The van der Waals surface area contributed by atoms with Crippen molar-refractivity contribution in [3.05, 3.63) is 30.3 Å². The van der Waals surface area contributed by atoms with Crippen LogP contribution in [0.5, 0.6) is 0 Å². The second kappa shape index (κ2) is 6.49. The van der Waals surface area contributed by atoms with Crippen LogP contribution in [0.3, 0.4) is 0 Å². The molecule has 1 rings (SSSR count). The SMILES string of the molecule is C[C@@H](C(=O)O)N(CCC(=O)O)S(=O)(=O)c1ccccc1. The number of carboxylic acid groups (broad SMARTS) is 2. The summed E-state index contributed by atoms with van der Waals surface area (Å²) in [5.74, 6) is -2.54. The summed E-state index contributed by atoms with van der Waals surface area (Å²) in [6, 6.07) is 5.96. The van der Waals surface area contributed by atoms with Crippen LogP contribution in [0.25, 0.3) is 0 Å².